The van der Waals surface area contributed by atoms with E-state index in [-0.39, 0.29) is 11.9 Å². The van der Waals surface area contributed by atoms with Crippen molar-refractivity contribution in [3.8, 4) is 22.9 Å². The molecule has 6 nitrogen and oxygen atoms in total. The van der Waals surface area contributed by atoms with Gasteiger partial charge in [-0.1, -0.05) is 12.1 Å². The lowest BCUT2D eigenvalue weighted by atomic mass is 10.0. The third-order valence-corrected chi connectivity index (χ3v) is 5.80. The first-order valence-corrected chi connectivity index (χ1v) is 10.5. The van der Waals surface area contributed by atoms with Crippen LogP contribution in [0.15, 0.2) is 60.7 Å². The van der Waals surface area contributed by atoms with Gasteiger partial charge in [-0.25, -0.2) is 9.37 Å². The second-order valence-corrected chi connectivity index (χ2v) is 7.74. The summed E-state index contributed by atoms with van der Waals surface area (Å²) >= 11 is 0. The van der Waals surface area contributed by atoms with E-state index < -0.39 is 0 Å². The number of amides is 1. The average molecular weight is 435 g/mol. The first kappa shape index (κ1) is 21.8. The van der Waals surface area contributed by atoms with Crippen LogP contribution in [0, 0.1) is 5.82 Å². The highest BCUT2D eigenvalue weighted by Gasteiger charge is 2.30. The second-order valence-electron chi connectivity index (χ2n) is 7.74. The first-order valence-electron chi connectivity index (χ1n) is 10.5. The number of methoxy groups -OCH3 is 2. The molecule has 1 aliphatic heterocycles. The summed E-state index contributed by atoms with van der Waals surface area (Å²) in [6.45, 7) is 2.51. The summed E-state index contributed by atoms with van der Waals surface area (Å²) < 4.78 is 24.2. The molecular formula is C25H26FN3O3. The number of nitrogens with zero attached hydrogens (tertiary/aromatic N) is 3. The summed E-state index contributed by atoms with van der Waals surface area (Å²) in [5, 5.41) is 0. The molecule has 1 atom stereocenters. The van der Waals surface area contributed by atoms with Crippen molar-refractivity contribution in [2.75, 3.05) is 33.9 Å². The average Bonchev–Trinajstić information content (AvgIpc) is 2.85. The molecular weight excluding hydrogens is 409 g/mol. The third kappa shape index (κ3) is 4.73. The van der Waals surface area contributed by atoms with Gasteiger partial charge in [0.15, 0.2) is 0 Å². The Morgan fingerprint density at radius 1 is 1.00 bits per heavy atom. The van der Waals surface area contributed by atoms with E-state index in [0.717, 1.165) is 34.5 Å². The second kappa shape index (κ2) is 9.78. The van der Waals surface area contributed by atoms with E-state index >= 15 is 0 Å². The summed E-state index contributed by atoms with van der Waals surface area (Å²) in [7, 11) is 3.24. The minimum atomic E-state index is -0.254. The number of halogens is 1. The SMILES string of the molecule is COc1ccc(-c2ccc(C3CN(C=O)CCN3Cc3ccc(F)cc3)c(OC)n2)cc1. The van der Waals surface area contributed by atoms with Crippen molar-refractivity contribution in [2.45, 2.75) is 12.6 Å². The van der Waals surface area contributed by atoms with Gasteiger partial charge < -0.3 is 14.4 Å². The van der Waals surface area contributed by atoms with E-state index in [2.05, 4.69) is 4.90 Å². The van der Waals surface area contributed by atoms with Crippen LogP contribution in [0.5, 0.6) is 11.6 Å². The van der Waals surface area contributed by atoms with Crippen LogP contribution in [0.25, 0.3) is 11.3 Å². The Hall–Kier alpha value is -3.45. The van der Waals surface area contributed by atoms with Gasteiger partial charge >= 0.3 is 0 Å². The Balaban J connectivity index is 1.64. The lowest BCUT2D eigenvalue weighted by molar-refractivity contribution is -0.121. The fraction of sp³-hybridized carbons (Fsp3) is 0.280. The maximum atomic E-state index is 13.3. The molecule has 3 aromatic rings. The van der Waals surface area contributed by atoms with E-state index in [1.807, 2.05) is 36.4 Å². The molecule has 1 aromatic heterocycles. The number of ether oxygens (including phenoxy) is 2. The number of carbonyl (C=O) groups excluding carboxylic acids is 1. The number of pyridine rings is 1. The molecule has 4 rings (SSSR count). The molecule has 2 aromatic carbocycles. The Kier molecular flexibility index (Phi) is 6.66. The van der Waals surface area contributed by atoms with Gasteiger partial charge in [-0.15, -0.1) is 0 Å². The predicted molar refractivity (Wildman–Crippen MR) is 120 cm³/mol. The molecule has 1 amide bonds. The quantitative estimate of drug-likeness (QED) is 0.527. The Morgan fingerprint density at radius 3 is 2.41 bits per heavy atom. The molecule has 1 saturated heterocycles. The van der Waals surface area contributed by atoms with Gasteiger partial charge in [-0.05, 0) is 54.1 Å². The van der Waals surface area contributed by atoms with Gasteiger partial charge in [-0.3, -0.25) is 9.69 Å². The van der Waals surface area contributed by atoms with Gasteiger partial charge in [0.05, 0.1) is 26.0 Å². The van der Waals surface area contributed by atoms with Gasteiger partial charge in [0.1, 0.15) is 11.6 Å². The maximum Gasteiger partial charge on any atom is 0.218 e. The minimum absolute atomic E-state index is 0.0913. The topological polar surface area (TPSA) is 54.9 Å². The van der Waals surface area contributed by atoms with Crippen LogP contribution in [0.1, 0.15) is 17.2 Å². The zero-order chi connectivity index (χ0) is 22.5. The highest BCUT2D eigenvalue weighted by atomic mass is 19.1. The number of hydrogen-bond acceptors (Lipinski definition) is 5. The smallest absolute Gasteiger partial charge is 0.218 e. The summed E-state index contributed by atoms with van der Waals surface area (Å²) in [6, 6.07) is 18.1. The molecule has 1 fully saturated rings. The van der Waals surface area contributed by atoms with E-state index in [1.54, 1.807) is 31.3 Å². The molecule has 32 heavy (non-hydrogen) atoms. The van der Waals surface area contributed by atoms with Crippen LogP contribution < -0.4 is 9.47 Å². The van der Waals surface area contributed by atoms with Crippen LogP contribution in [0.3, 0.4) is 0 Å². The van der Waals surface area contributed by atoms with Crippen molar-refractivity contribution in [1.82, 2.24) is 14.8 Å². The number of benzene rings is 2. The van der Waals surface area contributed by atoms with Crippen molar-refractivity contribution in [2.24, 2.45) is 0 Å². The molecule has 1 aliphatic rings. The van der Waals surface area contributed by atoms with Crippen molar-refractivity contribution >= 4 is 6.41 Å². The number of aromatic nitrogens is 1. The summed E-state index contributed by atoms with van der Waals surface area (Å²) in [5.74, 6) is 1.06. The number of rotatable bonds is 7. The molecule has 0 N–H and O–H groups in total. The number of hydrogen-bond donors (Lipinski definition) is 0. The summed E-state index contributed by atoms with van der Waals surface area (Å²) in [4.78, 5) is 20.3. The van der Waals surface area contributed by atoms with Crippen LogP contribution >= 0.6 is 0 Å². The monoisotopic (exact) mass is 435 g/mol. The van der Waals surface area contributed by atoms with Gasteiger partial charge in [0, 0.05) is 37.3 Å². The third-order valence-electron chi connectivity index (χ3n) is 5.80. The lowest BCUT2D eigenvalue weighted by Crippen LogP contribution is -2.47. The summed E-state index contributed by atoms with van der Waals surface area (Å²) in [6.07, 6.45) is 0.883. The van der Waals surface area contributed by atoms with Crippen molar-refractivity contribution in [3.63, 3.8) is 0 Å². The van der Waals surface area contributed by atoms with Gasteiger partial charge in [0.25, 0.3) is 0 Å². The molecule has 0 aliphatic carbocycles. The fourth-order valence-electron chi connectivity index (χ4n) is 4.04. The Morgan fingerprint density at radius 2 is 1.75 bits per heavy atom. The van der Waals surface area contributed by atoms with Crippen LogP contribution in [-0.2, 0) is 11.3 Å². The maximum absolute atomic E-state index is 13.3. The van der Waals surface area contributed by atoms with Crippen molar-refractivity contribution in [3.05, 3.63) is 77.6 Å². The Bertz CT molecular complexity index is 1060. The van der Waals surface area contributed by atoms with Crippen molar-refractivity contribution in [1.29, 1.82) is 0 Å². The van der Waals surface area contributed by atoms with Crippen LogP contribution in [-0.4, -0.2) is 55.0 Å². The van der Waals surface area contributed by atoms with Crippen molar-refractivity contribution < 1.29 is 18.7 Å². The highest BCUT2D eigenvalue weighted by molar-refractivity contribution is 5.61. The van der Waals surface area contributed by atoms with Gasteiger partial charge in [0.2, 0.25) is 12.3 Å². The normalized spacial score (nSPS) is 16.6. The lowest BCUT2D eigenvalue weighted by Gasteiger charge is -2.40. The zero-order valence-electron chi connectivity index (χ0n) is 18.2. The summed E-state index contributed by atoms with van der Waals surface area (Å²) in [5.41, 5.74) is 3.68. The molecule has 0 bridgehead atoms. The van der Waals surface area contributed by atoms with E-state index in [9.17, 15) is 9.18 Å². The first-order chi connectivity index (χ1) is 15.6. The highest BCUT2D eigenvalue weighted by Crippen LogP contribution is 2.34. The molecule has 166 valence electrons. The van der Waals surface area contributed by atoms with E-state index in [0.29, 0.717) is 32.1 Å². The standard InChI is InChI=1S/C25H26FN3O3/c1-31-21-9-5-19(6-10-21)23-12-11-22(25(27-23)32-2)24-16-28(17-30)13-14-29(24)15-18-3-7-20(26)8-4-18/h3-12,17,24H,13-16H2,1-2H3. The van der Waals surface area contributed by atoms with Gasteiger partial charge in [-0.2, -0.15) is 0 Å². The molecule has 0 spiro atoms. The number of piperazine rings is 1. The largest absolute Gasteiger partial charge is 0.497 e. The molecule has 0 radical (unpaired) electrons. The molecule has 7 heteroatoms. The van der Waals surface area contributed by atoms with Crippen LogP contribution in [0.4, 0.5) is 4.39 Å². The molecule has 0 saturated carbocycles. The Labute approximate surface area is 187 Å². The fourth-order valence-corrected chi connectivity index (χ4v) is 4.04. The van der Waals surface area contributed by atoms with E-state index in [1.165, 1.54) is 12.1 Å². The van der Waals surface area contributed by atoms with Crippen LogP contribution in [0.2, 0.25) is 0 Å². The van der Waals surface area contributed by atoms with E-state index in [4.69, 9.17) is 14.5 Å². The predicted octanol–water partition coefficient (Wildman–Crippen LogP) is 3.92. The molecule has 2 heterocycles. The molecule has 1 unspecified atom stereocenters. The zero-order valence-corrected chi connectivity index (χ0v) is 18.2. The minimum Gasteiger partial charge on any atom is -0.497 e. The number of carbonyl (C=O) groups is 1.